The third kappa shape index (κ3) is 4.20. The maximum atomic E-state index is 13.2. The molecule has 1 aliphatic rings. The van der Waals surface area contributed by atoms with Crippen LogP contribution < -0.4 is 4.74 Å². The molecule has 2 aromatic rings. The highest BCUT2D eigenvalue weighted by molar-refractivity contribution is 5.95. The summed E-state index contributed by atoms with van der Waals surface area (Å²) in [6.45, 7) is 4.28. The number of benzene rings is 1. The van der Waals surface area contributed by atoms with Gasteiger partial charge in [-0.25, -0.2) is 4.79 Å². The smallest absolute Gasteiger partial charge is 0.341 e. The van der Waals surface area contributed by atoms with Crippen LogP contribution in [-0.4, -0.2) is 42.1 Å². The molecule has 7 nitrogen and oxygen atoms in total. The zero-order chi connectivity index (χ0) is 20.3. The molecule has 1 N–H and O–H groups in total. The van der Waals surface area contributed by atoms with E-state index in [0.717, 1.165) is 35.5 Å². The minimum absolute atomic E-state index is 0.0665. The molecular weight excluding hydrogens is 362 g/mol. The topological polar surface area (TPSA) is 89.2 Å². The molecule has 1 atom stereocenters. The summed E-state index contributed by atoms with van der Waals surface area (Å²) in [4.78, 5) is 25.8. The van der Waals surface area contributed by atoms with Crippen molar-refractivity contribution in [3.8, 4) is 5.75 Å². The zero-order valence-corrected chi connectivity index (χ0v) is 16.4. The van der Waals surface area contributed by atoms with Crippen molar-refractivity contribution in [1.82, 2.24) is 4.90 Å². The number of carbonyl (C=O) groups excluding carboxylic acids is 1. The summed E-state index contributed by atoms with van der Waals surface area (Å²) in [5.41, 5.74) is 2.04. The van der Waals surface area contributed by atoms with E-state index in [1.807, 2.05) is 30.9 Å². The lowest BCUT2D eigenvalue weighted by Crippen LogP contribution is -2.30. The second-order valence-electron chi connectivity index (χ2n) is 7.02. The molecule has 1 fully saturated rings. The molecule has 28 heavy (non-hydrogen) atoms. The molecule has 0 aliphatic carbocycles. The van der Waals surface area contributed by atoms with Crippen molar-refractivity contribution >= 4 is 11.9 Å². The molecule has 1 saturated heterocycles. The van der Waals surface area contributed by atoms with Crippen molar-refractivity contribution < 1.29 is 28.6 Å². The van der Waals surface area contributed by atoms with Gasteiger partial charge in [0.05, 0.1) is 6.04 Å². The molecule has 1 unspecified atom stereocenters. The highest BCUT2D eigenvalue weighted by atomic mass is 16.5. The molecule has 0 bridgehead atoms. The summed E-state index contributed by atoms with van der Waals surface area (Å²) >= 11 is 0. The Hall–Kier alpha value is -2.80. The summed E-state index contributed by atoms with van der Waals surface area (Å²) in [7, 11) is 1.61. The molecule has 1 aromatic carbocycles. The van der Waals surface area contributed by atoms with E-state index in [0.29, 0.717) is 24.5 Å². The Bertz CT molecular complexity index is 849. The van der Waals surface area contributed by atoms with E-state index in [9.17, 15) is 9.59 Å². The second-order valence-corrected chi connectivity index (χ2v) is 7.02. The quantitative estimate of drug-likeness (QED) is 0.782. The Morgan fingerprint density at radius 2 is 1.96 bits per heavy atom. The minimum atomic E-state index is -1.04. The molecule has 1 aromatic heterocycles. The van der Waals surface area contributed by atoms with Crippen molar-refractivity contribution in [2.75, 3.05) is 20.3 Å². The van der Waals surface area contributed by atoms with Gasteiger partial charge in [-0.2, -0.15) is 0 Å². The van der Waals surface area contributed by atoms with Gasteiger partial charge >= 0.3 is 5.97 Å². The number of rotatable bonds is 7. The summed E-state index contributed by atoms with van der Waals surface area (Å²) in [6, 6.07) is 7.19. The molecule has 0 spiro atoms. The predicted molar refractivity (Wildman–Crippen MR) is 101 cm³/mol. The summed E-state index contributed by atoms with van der Waals surface area (Å²) in [6.07, 6.45) is 1.76. The standard InChI is InChI=1S/C21H25NO6/c1-13-9-15(10-14(2)20(13)27-12-19(23)24)21(25)22-8-4-5-17(22)18-7-6-16(28-18)11-26-3/h6-7,9-10,17H,4-5,8,11-12H2,1-3H3,(H,23,24). The van der Waals surface area contributed by atoms with Crippen LogP contribution in [0.15, 0.2) is 28.7 Å². The van der Waals surface area contributed by atoms with Crippen LogP contribution in [0, 0.1) is 13.8 Å². The monoisotopic (exact) mass is 387 g/mol. The van der Waals surface area contributed by atoms with Gasteiger partial charge in [-0.1, -0.05) is 0 Å². The molecule has 1 aliphatic heterocycles. The van der Waals surface area contributed by atoms with Crippen LogP contribution in [0.3, 0.4) is 0 Å². The van der Waals surface area contributed by atoms with E-state index in [-0.39, 0.29) is 11.9 Å². The van der Waals surface area contributed by atoms with Gasteiger partial charge < -0.3 is 23.9 Å². The number of hydrogen-bond donors (Lipinski definition) is 1. The first-order chi connectivity index (χ1) is 13.4. The number of nitrogens with zero attached hydrogens (tertiary/aromatic N) is 1. The number of carboxylic acids is 1. The van der Waals surface area contributed by atoms with Gasteiger partial charge in [-0.3, -0.25) is 4.79 Å². The maximum absolute atomic E-state index is 13.2. The van der Waals surface area contributed by atoms with Gasteiger partial charge in [0, 0.05) is 19.2 Å². The summed E-state index contributed by atoms with van der Waals surface area (Å²) < 4.78 is 16.3. The third-order valence-electron chi connectivity index (χ3n) is 4.86. The number of ether oxygens (including phenoxy) is 2. The van der Waals surface area contributed by atoms with Crippen LogP contribution >= 0.6 is 0 Å². The molecule has 0 saturated carbocycles. The van der Waals surface area contributed by atoms with E-state index in [1.54, 1.807) is 19.2 Å². The Morgan fingerprint density at radius 1 is 1.25 bits per heavy atom. The molecule has 2 heterocycles. The normalized spacial score (nSPS) is 16.4. The van der Waals surface area contributed by atoms with Gasteiger partial charge in [0.25, 0.3) is 5.91 Å². The Labute approximate surface area is 163 Å². The molecule has 150 valence electrons. The van der Waals surface area contributed by atoms with Crippen LogP contribution in [0.4, 0.5) is 0 Å². The van der Waals surface area contributed by atoms with Gasteiger partial charge in [0.1, 0.15) is 23.9 Å². The van der Waals surface area contributed by atoms with E-state index in [4.69, 9.17) is 19.0 Å². The van der Waals surface area contributed by atoms with E-state index >= 15 is 0 Å². The molecule has 3 rings (SSSR count). The number of carbonyl (C=O) groups is 2. The molecule has 0 radical (unpaired) electrons. The second kappa shape index (κ2) is 8.48. The fraction of sp³-hybridized carbons (Fsp3) is 0.429. The first-order valence-corrected chi connectivity index (χ1v) is 9.25. The fourth-order valence-electron chi connectivity index (χ4n) is 3.70. The molecule has 7 heteroatoms. The Balaban J connectivity index is 1.81. The number of methoxy groups -OCH3 is 1. The van der Waals surface area contributed by atoms with Crippen molar-refractivity contribution in [3.63, 3.8) is 0 Å². The number of aliphatic carboxylic acids is 1. The van der Waals surface area contributed by atoms with Crippen molar-refractivity contribution in [2.45, 2.75) is 39.3 Å². The van der Waals surface area contributed by atoms with Crippen LogP contribution in [-0.2, 0) is 16.1 Å². The highest BCUT2D eigenvalue weighted by Crippen LogP contribution is 2.35. The predicted octanol–water partition coefficient (Wildman–Crippen LogP) is 3.48. The summed E-state index contributed by atoms with van der Waals surface area (Å²) in [5.74, 6) is 0.914. The summed E-state index contributed by atoms with van der Waals surface area (Å²) in [5, 5.41) is 8.81. The highest BCUT2D eigenvalue weighted by Gasteiger charge is 2.33. The van der Waals surface area contributed by atoms with Gasteiger partial charge in [-0.05, 0) is 62.1 Å². The number of amides is 1. The number of furan rings is 1. The van der Waals surface area contributed by atoms with E-state index in [2.05, 4.69) is 0 Å². The minimum Gasteiger partial charge on any atom is -0.481 e. The van der Waals surface area contributed by atoms with E-state index < -0.39 is 12.6 Å². The van der Waals surface area contributed by atoms with E-state index in [1.165, 1.54) is 0 Å². The van der Waals surface area contributed by atoms with Crippen molar-refractivity contribution in [1.29, 1.82) is 0 Å². The van der Waals surface area contributed by atoms with Crippen molar-refractivity contribution in [2.24, 2.45) is 0 Å². The third-order valence-corrected chi connectivity index (χ3v) is 4.86. The zero-order valence-electron chi connectivity index (χ0n) is 16.4. The first kappa shape index (κ1) is 19.9. The molecular formula is C21H25NO6. The lowest BCUT2D eigenvalue weighted by Gasteiger charge is -2.24. The van der Waals surface area contributed by atoms with Crippen LogP contribution in [0.25, 0.3) is 0 Å². The van der Waals surface area contributed by atoms with Gasteiger partial charge in [0.15, 0.2) is 6.61 Å². The number of aryl methyl sites for hydroxylation is 2. The Kier molecular flexibility index (Phi) is 6.04. The van der Waals surface area contributed by atoms with Gasteiger partial charge in [0.2, 0.25) is 0 Å². The first-order valence-electron chi connectivity index (χ1n) is 9.25. The van der Waals surface area contributed by atoms with Crippen LogP contribution in [0.5, 0.6) is 5.75 Å². The number of hydrogen-bond acceptors (Lipinski definition) is 5. The number of carboxylic acid groups (broad SMARTS) is 1. The fourth-order valence-corrected chi connectivity index (χ4v) is 3.70. The largest absolute Gasteiger partial charge is 0.481 e. The lowest BCUT2D eigenvalue weighted by atomic mass is 10.0. The van der Waals surface area contributed by atoms with Gasteiger partial charge in [-0.15, -0.1) is 0 Å². The average molecular weight is 387 g/mol. The number of likely N-dealkylation sites (tertiary alicyclic amines) is 1. The van der Waals surface area contributed by atoms with Crippen LogP contribution in [0.2, 0.25) is 0 Å². The maximum Gasteiger partial charge on any atom is 0.341 e. The Morgan fingerprint density at radius 3 is 2.61 bits per heavy atom. The van der Waals surface area contributed by atoms with Crippen LogP contribution in [0.1, 0.15) is 51.9 Å². The molecule has 1 amide bonds. The average Bonchev–Trinajstić information content (AvgIpc) is 3.29. The van der Waals surface area contributed by atoms with Crippen molar-refractivity contribution in [3.05, 3.63) is 52.5 Å². The lowest BCUT2D eigenvalue weighted by molar-refractivity contribution is -0.139. The SMILES string of the molecule is COCc1ccc(C2CCCN2C(=O)c2cc(C)c(OCC(=O)O)c(C)c2)o1.